The van der Waals surface area contributed by atoms with Crippen LogP contribution < -0.4 is 5.32 Å². The summed E-state index contributed by atoms with van der Waals surface area (Å²) in [5.41, 5.74) is 0. The van der Waals surface area contributed by atoms with Crippen LogP contribution in [0.4, 0.5) is 4.79 Å². The SMILES string of the molecule is CC1C(=O)NC(=O)CN1C(=O)N1C[C@@H](C)[C@H](C(=O)O)C1. The number of carboxylic acids is 1. The fourth-order valence-electron chi connectivity index (χ4n) is 2.57. The average molecular weight is 283 g/mol. The van der Waals surface area contributed by atoms with Gasteiger partial charge in [-0.3, -0.25) is 19.7 Å². The quantitative estimate of drug-likeness (QED) is 0.607. The first-order valence-electron chi connectivity index (χ1n) is 6.43. The third-order valence-electron chi connectivity index (χ3n) is 3.87. The molecule has 20 heavy (non-hydrogen) atoms. The van der Waals surface area contributed by atoms with Crippen LogP contribution in [0.25, 0.3) is 0 Å². The van der Waals surface area contributed by atoms with Crippen LogP contribution in [-0.4, -0.2) is 64.4 Å². The fraction of sp³-hybridized carbons (Fsp3) is 0.667. The van der Waals surface area contributed by atoms with Crippen LogP contribution in [0.15, 0.2) is 0 Å². The fourth-order valence-corrected chi connectivity index (χ4v) is 2.57. The van der Waals surface area contributed by atoms with Crippen molar-refractivity contribution in [3.05, 3.63) is 0 Å². The van der Waals surface area contributed by atoms with Crippen molar-refractivity contribution >= 4 is 23.8 Å². The summed E-state index contributed by atoms with van der Waals surface area (Å²) in [5, 5.41) is 11.2. The van der Waals surface area contributed by atoms with Crippen molar-refractivity contribution < 1.29 is 24.3 Å². The first kappa shape index (κ1) is 14.3. The molecular weight excluding hydrogens is 266 g/mol. The molecule has 2 saturated heterocycles. The number of nitrogens with zero attached hydrogens (tertiary/aromatic N) is 2. The molecule has 8 heteroatoms. The highest BCUT2D eigenvalue weighted by Gasteiger charge is 2.41. The molecule has 3 atom stereocenters. The van der Waals surface area contributed by atoms with Crippen LogP contribution in [0.5, 0.6) is 0 Å². The van der Waals surface area contributed by atoms with Crippen molar-refractivity contribution in [2.75, 3.05) is 19.6 Å². The standard InChI is InChI=1S/C12H17N3O5/c1-6-3-14(4-8(6)11(18)19)12(20)15-5-9(16)13-10(17)7(15)2/h6-8H,3-5H2,1-2H3,(H,18,19)(H,13,16,17)/t6-,7?,8-/m1/s1. The molecule has 2 rings (SSSR count). The Morgan fingerprint density at radius 1 is 1.25 bits per heavy atom. The van der Waals surface area contributed by atoms with Gasteiger partial charge in [0.15, 0.2) is 0 Å². The van der Waals surface area contributed by atoms with Gasteiger partial charge in [0.2, 0.25) is 11.8 Å². The van der Waals surface area contributed by atoms with E-state index in [0.29, 0.717) is 6.54 Å². The summed E-state index contributed by atoms with van der Waals surface area (Å²) in [7, 11) is 0. The highest BCUT2D eigenvalue weighted by atomic mass is 16.4. The molecule has 2 N–H and O–H groups in total. The van der Waals surface area contributed by atoms with Crippen LogP contribution in [0.1, 0.15) is 13.8 Å². The first-order valence-corrected chi connectivity index (χ1v) is 6.43. The van der Waals surface area contributed by atoms with Gasteiger partial charge < -0.3 is 14.9 Å². The van der Waals surface area contributed by atoms with E-state index in [4.69, 9.17) is 5.11 Å². The summed E-state index contributed by atoms with van der Waals surface area (Å²) in [6.45, 7) is 3.54. The third kappa shape index (κ3) is 2.45. The van der Waals surface area contributed by atoms with E-state index < -0.39 is 35.8 Å². The molecule has 2 heterocycles. The van der Waals surface area contributed by atoms with Crippen LogP contribution >= 0.6 is 0 Å². The lowest BCUT2D eigenvalue weighted by Crippen LogP contribution is -2.60. The topological polar surface area (TPSA) is 107 Å². The predicted molar refractivity (Wildman–Crippen MR) is 66.6 cm³/mol. The Morgan fingerprint density at radius 2 is 1.90 bits per heavy atom. The number of urea groups is 1. The van der Waals surface area contributed by atoms with E-state index in [-0.39, 0.29) is 19.0 Å². The van der Waals surface area contributed by atoms with E-state index in [9.17, 15) is 19.2 Å². The zero-order valence-electron chi connectivity index (χ0n) is 11.3. The van der Waals surface area contributed by atoms with E-state index in [1.807, 2.05) is 0 Å². The number of carboxylic acid groups (broad SMARTS) is 1. The van der Waals surface area contributed by atoms with Gasteiger partial charge in [-0.1, -0.05) is 6.92 Å². The van der Waals surface area contributed by atoms with Gasteiger partial charge in [0.1, 0.15) is 12.6 Å². The highest BCUT2D eigenvalue weighted by molar-refractivity contribution is 6.03. The number of imide groups is 1. The number of carbonyl (C=O) groups excluding carboxylic acids is 3. The summed E-state index contributed by atoms with van der Waals surface area (Å²) in [4.78, 5) is 48.9. The van der Waals surface area contributed by atoms with Gasteiger partial charge in [-0.2, -0.15) is 0 Å². The van der Waals surface area contributed by atoms with Crippen molar-refractivity contribution in [3.8, 4) is 0 Å². The molecule has 0 aromatic carbocycles. The Kier molecular flexibility index (Phi) is 3.65. The smallest absolute Gasteiger partial charge is 0.321 e. The minimum Gasteiger partial charge on any atom is -0.481 e. The lowest BCUT2D eigenvalue weighted by Gasteiger charge is -2.34. The van der Waals surface area contributed by atoms with Crippen LogP contribution in [0.3, 0.4) is 0 Å². The average Bonchev–Trinajstić information content (AvgIpc) is 2.75. The second kappa shape index (κ2) is 5.10. The molecule has 0 bridgehead atoms. The molecule has 0 saturated carbocycles. The molecule has 1 unspecified atom stereocenters. The molecule has 0 aliphatic carbocycles. The Morgan fingerprint density at radius 3 is 2.45 bits per heavy atom. The number of hydrogen-bond donors (Lipinski definition) is 2. The minimum atomic E-state index is -0.937. The van der Waals surface area contributed by atoms with Crippen molar-refractivity contribution in [1.82, 2.24) is 15.1 Å². The molecular formula is C12H17N3O5. The molecule has 0 aromatic rings. The van der Waals surface area contributed by atoms with Crippen LogP contribution in [0.2, 0.25) is 0 Å². The van der Waals surface area contributed by atoms with E-state index in [1.54, 1.807) is 6.92 Å². The lowest BCUT2D eigenvalue weighted by atomic mass is 9.99. The molecule has 2 aliphatic heterocycles. The molecule has 4 amide bonds. The van der Waals surface area contributed by atoms with E-state index in [2.05, 4.69) is 5.32 Å². The summed E-state index contributed by atoms with van der Waals surface area (Å²) < 4.78 is 0. The number of aliphatic carboxylic acids is 1. The summed E-state index contributed by atoms with van der Waals surface area (Å²) in [6.07, 6.45) is 0. The Bertz CT molecular complexity index is 478. The molecule has 0 spiro atoms. The maximum Gasteiger partial charge on any atom is 0.321 e. The summed E-state index contributed by atoms with van der Waals surface area (Å²) in [5.74, 6) is -2.74. The van der Waals surface area contributed by atoms with Crippen molar-refractivity contribution in [2.24, 2.45) is 11.8 Å². The number of piperazine rings is 1. The summed E-state index contributed by atoms with van der Waals surface area (Å²) in [6, 6.07) is -1.20. The number of likely N-dealkylation sites (tertiary alicyclic amines) is 1. The number of nitrogens with one attached hydrogen (secondary N) is 1. The molecule has 2 aliphatic rings. The normalized spacial score (nSPS) is 30.4. The van der Waals surface area contributed by atoms with E-state index in [1.165, 1.54) is 16.7 Å². The van der Waals surface area contributed by atoms with Gasteiger partial charge in [-0.05, 0) is 12.8 Å². The maximum absolute atomic E-state index is 12.3. The van der Waals surface area contributed by atoms with E-state index in [0.717, 1.165) is 0 Å². The van der Waals surface area contributed by atoms with Crippen molar-refractivity contribution in [2.45, 2.75) is 19.9 Å². The van der Waals surface area contributed by atoms with Crippen molar-refractivity contribution in [3.63, 3.8) is 0 Å². The number of carbonyl (C=O) groups is 4. The van der Waals surface area contributed by atoms with Crippen LogP contribution in [0, 0.1) is 11.8 Å². The third-order valence-corrected chi connectivity index (χ3v) is 3.87. The second-order valence-corrected chi connectivity index (χ2v) is 5.33. The molecule has 110 valence electrons. The first-order chi connectivity index (χ1) is 9.31. The minimum absolute atomic E-state index is 0.106. The van der Waals surface area contributed by atoms with Gasteiger partial charge in [0, 0.05) is 13.1 Å². The number of rotatable bonds is 1. The lowest BCUT2D eigenvalue weighted by molar-refractivity contribution is -0.142. The highest BCUT2D eigenvalue weighted by Crippen LogP contribution is 2.24. The van der Waals surface area contributed by atoms with Gasteiger partial charge >= 0.3 is 12.0 Å². The van der Waals surface area contributed by atoms with Gasteiger partial charge in [0.25, 0.3) is 0 Å². The second-order valence-electron chi connectivity index (χ2n) is 5.33. The number of hydrogen-bond acceptors (Lipinski definition) is 4. The zero-order valence-corrected chi connectivity index (χ0v) is 11.3. The predicted octanol–water partition coefficient (Wildman–Crippen LogP) is -0.894. The monoisotopic (exact) mass is 283 g/mol. The van der Waals surface area contributed by atoms with E-state index >= 15 is 0 Å². The number of amides is 4. The molecule has 0 aromatic heterocycles. The Labute approximate surface area is 115 Å². The van der Waals surface area contributed by atoms with Crippen molar-refractivity contribution in [1.29, 1.82) is 0 Å². The largest absolute Gasteiger partial charge is 0.481 e. The molecule has 2 fully saturated rings. The van der Waals surface area contributed by atoms with Gasteiger partial charge in [0.05, 0.1) is 5.92 Å². The zero-order chi connectivity index (χ0) is 15.0. The maximum atomic E-state index is 12.3. The van der Waals surface area contributed by atoms with Gasteiger partial charge in [-0.15, -0.1) is 0 Å². The Balaban J connectivity index is 2.10. The summed E-state index contributed by atoms with van der Waals surface area (Å²) >= 11 is 0. The Hall–Kier alpha value is -2.12. The van der Waals surface area contributed by atoms with Crippen LogP contribution in [-0.2, 0) is 14.4 Å². The molecule has 0 radical (unpaired) electrons. The molecule has 8 nitrogen and oxygen atoms in total. The van der Waals surface area contributed by atoms with Gasteiger partial charge in [-0.25, -0.2) is 4.79 Å².